The van der Waals surface area contributed by atoms with Gasteiger partial charge in [-0.3, -0.25) is 4.98 Å². The second-order valence-electron chi connectivity index (χ2n) is 6.67. The number of hydrogen-bond donors (Lipinski definition) is 0. The largest absolute Gasteiger partial charge is 0.257 e. The van der Waals surface area contributed by atoms with Crippen molar-refractivity contribution in [1.29, 1.82) is 0 Å². The SMILES string of the molecule is C[Si](C)(C)C(P=Cc1ccccn1)[Si](C)(C)C. The predicted molar refractivity (Wildman–Crippen MR) is 86.8 cm³/mol. The van der Waals surface area contributed by atoms with Gasteiger partial charge in [-0.25, -0.2) is 0 Å². The van der Waals surface area contributed by atoms with Crippen molar-refractivity contribution >= 4 is 30.1 Å². The average molecular weight is 281 g/mol. The first-order valence-electron chi connectivity index (χ1n) is 6.15. The van der Waals surface area contributed by atoms with Crippen LogP contribution in [0.15, 0.2) is 24.4 Å². The standard InChI is InChI=1S/C13H24NPSi2/c1-16(2,3)13(17(4,5)6)15-11-12-9-7-8-10-14-12/h7-11,13H,1-6H3. The van der Waals surface area contributed by atoms with Crippen LogP contribution in [0.25, 0.3) is 0 Å². The summed E-state index contributed by atoms with van der Waals surface area (Å²) in [6.45, 7) is 15.0. The van der Waals surface area contributed by atoms with Crippen LogP contribution in [0.3, 0.4) is 0 Å². The molecule has 4 heteroatoms. The van der Waals surface area contributed by atoms with Crippen molar-refractivity contribution in [3.8, 4) is 0 Å². The number of pyridine rings is 1. The summed E-state index contributed by atoms with van der Waals surface area (Å²) in [6, 6.07) is 6.13. The number of aromatic nitrogens is 1. The summed E-state index contributed by atoms with van der Waals surface area (Å²) in [6.07, 6.45) is 1.87. The normalized spacial score (nSPS) is 13.6. The summed E-state index contributed by atoms with van der Waals surface area (Å²) in [7, 11) is -0.689. The first kappa shape index (κ1) is 14.8. The van der Waals surface area contributed by atoms with Gasteiger partial charge in [0, 0.05) is 6.20 Å². The van der Waals surface area contributed by atoms with Gasteiger partial charge in [-0.1, -0.05) is 45.3 Å². The fourth-order valence-corrected chi connectivity index (χ4v) is 17.2. The Morgan fingerprint density at radius 1 is 1.06 bits per heavy atom. The lowest BCUT2D eigenvalue weighted by Crippen LogP contribution is -2.50. The van der Waals surface area contributed by atoms with Crippen LogP contribution >= 0.6 is 8.20 Å². The first-order chi connectivity index (χ1) is 7.71. The first-order valence-corrected chi connectivity index (χ1v) is 14.3. The topological polar surface area (TPSA) is 12.9 Å². The van der Waals surface area contributed by atoms with E-state index in [-0.39, 0.29) is 0 Å². The Bertz CT molecular complexity index is 363. The van der Waals surface area contributed by atoms with E-state index in [0.29, 0.717) is 0 Å². The molecule has 0 bridgehead atoms. The summed E-state index contributed by atoms with van der Waals surface area (Å²) in [4.78, 5) is 5.28. The van der Waals surface area contributed by atoms with Crippen LogP contribution < -0.4 is 0 Å². The van der Waals surface area contributed by atoms with Crippen LogP contribution in [-0.4, -0.2) is 31.8 Å². The molecule has 0 radical (unpaired) electrons. The Morgan fingerprint density at radius 2 is 1.65 bits per heavy atom. The van der Waals surface area contributed by atoms with E-state index in [0.717, 1.165) is 10.6 Å². The monoisotopic (exact) mass is 281 g/mol. The molecular weight excluding hydrogens is 257 g/mol. The van der Waals surface area contributed by atoms with Crippen LogP contribution in [0, 0.1) is 0 Å². The van der Waals surface area contributed by atoms with E-state index >= 15 is 0 Å². The Morgan fingerprint density at radius 3 is 2.06 bits per heavy atom. The van der Waals surface area contributed by atoms with E-state index in [4.69, 9.17) is 0 Å². The molecule has 1 heterocycles. The van der Waals surface area contributed by atoms with Crippen molar-refractivity contribution in [1.82, 2.24) is 4.98 Å². The van der Waals surface area contributed by atoms with Gasteiger partial charge in [0.05, 0.1) is 21.8 Å². The van der Waals surface area contributed by atoms with Crippen molar-refractivity contribution in [2.45, 2.75) is 44.2 Å². The molecule has 0 amide bonds. The van der Waals surface area contributed by atoms with E-state index < -0.39 is 16.1 Å². The molecule has 0 unspecified atom stereocenters. The zero-order valence-corrected chi connectivity index (χ0v) is 14.8. The van der Waals surface area contributed by atoms with Crippen LogP contribution in [-0.2, 0) is 0 Å². The smallest absolute Gasteiger partial charge is 0.0671 e. The molecule has 0 aliphatic carbocycles. The van der Waals surface area contributed by atoms with E-state index in [1.165, 1.54) is 8.20 Å². The van der Waals surface area contributed by atoms with Crippen molar-refractivity contribution in [2.24, 2.45) is 0 Å². The fraction of sp³-hybridized carbons (Fsp3) is 0.538. The maximum Gasteiger partial charge on any atom is 0.0671 e. The highest BCUT2D eigenvalue weighted by atomic mass is 31.1. The molecule has 94 valence electrons. The minimum Gasteiger partial charge on any atom is -0.257 e. The number of rotatable bonds is 4. The van der Waals surface area contributed by atoms with Crippen molar-refractivity contribution in [3.05, 3.63) is 30.1 Å². The lowest BCUT2D eigenvalue weighted by atomic mass is 10.4. The van der Waals surface area contributed by atoms with E-state index in [9.17, 15) is 0 Å². The molecule has 1 rings (SSSR count). The van der Waals surface area contributed by atoms with Gasteiger partial charge in [-0.2, -0.15) is 0 Å². The molecule has 1 aromatic heterocycles. The quantitative estimate of drug-likeness (QED) is 0.592. The zero-order chi connectivity index (χ0) is 13.1. The molecule has 0 fully saturated rings. The average Bonchev–Trinajstić information content (AvgIpc) is 2.15. The molecule has 1 nitrogen and oxygen atoms in total. The minimum absolute atomic E-state index is 0.900. The van der Waals surface area contributed by atoms with E-state index in [1.807, 2.05) is 12.3 Å². The van der Waals surface area contributed by atoms with E-state index in [1.54, 1.807) is 0 Å². The van der Waals surface area contributed by atoms with Gasteiger partial charge in [-0.05, 0) is 22.8 Å². The molecule has 0 atom stereocenters. The summed E-state index contributed by atoms with van der Waals surface area (Å²) >= 11 is 0. The highest BCUT2D eigenvalue weighted by molar-refractivity contribution is 7.49. The lowest BCUT2D eigenvalue weighted by molar-refractivity contribution is 1.31. The van der Waals surface area contributed by atoms with Gasteiger partial charge in [0.25, 0.3) is 0 Å². The Hall–Kier alpha value is -0.246. The van der Waals surface area contributed by atoms with Crippen LogP contribution in [0.4, 0.5) is 0 Å². The van der Waals surface area contributed by atoms with E-state index in [2.05, 4.69) is 62.2 Å². The van der Waals surface area contributed by atoms with Gasteiger partial charge in [0.2, 0.25) is 0 Å². The minimum atomic E-state index is -1.09. The molecule has 0 aromatic carbocycles. The molecule has 0 aliphatic heterocycles. The van der Waals surface area contributed by atoms with Crippen molar-refractivity contribution in [3.63, 3.8) is 0 Å². The lowest BCUT2D eigenvalue weighted by Gasteiger charge is -2.35. The molecule has 17 heavy (non-hydrogen) atoms. The third-order valence-corrected chi connectivity index (χ3v) is 17.4. The molecule has 0 aliphatic rings. The molecule has 0 spiro atoms. The third kappa shape index (κ3) is 4.86. The van der Waals surface area contributed by atoms with Gasteiger partial charge < -0.3 is 0 Å². The van der Waals surface area contributed by atoms with Crippen molar-refractivity contribution < 1.29 is 0 Å². The number of hydrogen-bond acceptors (Lipinski definition) is 1. The third-order valence-electron chi connectivity index (χ3n) is 2.68. The maximum atomic E-state index is 4.38. The van der Waals surface area contributed by atoms with Crippen molar-refractivity contribution in [2.75, 3.05) is 0 Å². The summed E-state index contributed by atoms with van der Waals surface area (Å²) in [5.41, 5.74) is 1.12. The number of nitrogens with zero attached hydrogens (tertiary/aromatic N) is 1. The van der Waals surface area contributed by atoms with Crippen LogP contribution in [0.5, 0.6) is 0 Å². The van der Waals surface area contributed by atoms with Gasteiger partial charge in [-0.15, -0.1) is 8.20 Å². The highest BCUT2D eigenvalue weighted by Crippen LogP contribution is 2.30. The predicted octanol–water partition coefficient (Wildman–Crippen LogP) is 4.30. The summed E-state index contributed by atoms with van der Waals surface area (Å²) < 4.78 is 0. The fourth-order valence-electron chi connectivity index (χ4n) is 2.35. The summed E-state index contributed by atoms with van der Waals surface area (Å²) in [5, 5.41) is 0. The molecule has 0 N–H and O–H groups in total. The van der Waals surface area contributed by atoms with Gasteiger partial charge >= 0.3 is 0 Å². The zero-order valence-electron chi connectivity index (χ0n) is 11.9. The maximum absolute atomic E-state index is 4.38. The highest BCUT2D eigenvalue weighted by Gasteiger charge is 2.35. The second-order valence-corrected chi connectivity index (χ2v) is 19.9. The Balaban J connectivity index is 2.92. The molecule has 1 aromatic rings. The van der Waals surface area contributed by atoms with Gasteiger partial charge in [0.1, 0.15) is 0 Å². The summed E-state index contributed by atoms with van der Waals surface area (Å²) in [5.74, 6) is 2.31. The molecular formula is C13H24NPSi2. The Kier molecular flexibility index (Phi) is 4.88. The molecule has 0 saturated carbocycles. The molecule has 0 saturated heterocycles. The van der Waals surface area contributed by atoms with Crippen LogP contribution in [0.1, 0.15) is 5.69 Å². The second kappa shape index (κ2) is 5.60. The van der Waals surface area contributed by atoms with Gasteiger partial charge in [0.15, 0.2) is 0 Å². The van der Waals surface area contributed by atoms with Crippen LogP contribution in [0.2, 0.25) is 39.3 Å². The Labute approximate surface area is 110 Å².